The minimum atomic E-state index is -0.909. The van der Waals surface area contributed by atoms with Gasteiger partial charge in [0.05, 0.1) is 15.7 Å². The molecule has 9 nitrogen and oxygen atoms in total. The first-order chi connectivity index (χ1) is 15.2. The van der Waals surface area contributed by atoms with E-state index in [0.29, 0.717) is 0 Å². The van der Waals surface area contributed by atoms with E-state index in [-0.39, 0.29) is 28.3 Å². The van der Waals surface area contributed by atoms with Gasteiger partial charge in [-0.25, -0.2) is 9.69 Å². The van der Waals surface area contributed by atoms with E-state index in [1.165, 1.54) is 18.2 Å². The Kier molecular flexibility index (Phi) is 7.12. The third-order valence-electron chi connectivity index (χ3n) is 4.36. The van der Waals surface area contributed by atoms with Gasteiger partial charge in [-0.05, 0) is 37.6 Å². The highest BCUT2D eigenvalue weighted by atomic mass is 35.5. The number of benzene rings is 2. The van der Waals surface area contributed by atoms with Crippen LogP contribution in [-0.2, 0) is 20.9 Å². The Morgan fingerprint density at radius 1 is 1.16 bits per heavy atom. The molecule has 1 saturated heterocycles. The summed E-state index contributed by atoms with van der Waals surface area (Å²) < 4.78 is 5.35. The SMILES string of the molecule is CC(C)N1C(=O)C(=O)NC1=NC(=N)N(C(=O)OCc1ccccc1)c1ccc(Cl)c(Cl)c1. The number of carbonyl (C=O) groups is 3. The summed E-state index contributed by atoms with van der Waals surface area (Å²) in [6.45, 7) is 3.32. The quantitative estimate of drug-likeness (QED) is 0.397. The number of aliphatic imine (C=N–C) groups is 1. The summed E-state index contributed by atoms with van der Waals surface area (Å²) in [5, 5.41) is 11.1. The van der Waals surface area contributed by atoms with Crippen molar-refractivity contribution in [3.05, 3.63) is 64.1 Å². The molecule has 0 aromatic heterocycles. The number of nitrogens with one attached hydrogen (secondary N) is 2. The Hall–Kier alpha value is -3.43. The van der Waals surface area contributed by atoms with Gasteiger partial charge in [0.2, 0.25) is 11.9 Å². The fourth-order valence-corrected chi connectivity index (χ4v) is 3.15. The minimum absolute atomic E-state index is 0.0469. The highest BCUT2D eigenvalue weighted by Gasteiger charge is 2.38. The van der Waals surface area contributed by atoms with Gasteiger partial charge in [0.1, 0.15) is 6.61 Å². The zero-order valence-corrected chi connectivity index (χ0v) is 18.6. The van der Waals surface area contributed by atoms with Crippen molar-refractivity contribution >= 4 is 58.7 Å². The number of ether oxygens (including phenoxy) is 1. The molecular weight excluding hydrogens is 457 g/mol. The number of amides is 3. The second kappa shape index (κ2) is 9.80. The van der Waals surface area contributed by atoms with Gasteiger partial charge in [0, 0.05) is 6.04 Å². The normalized spacial score (nSPS) is 14.7. The average molecular weight is 476 g/mol. The van der Waals surface area contributed by atoms with Gasteiger partial charge in [-0.2, -0.15) is 4.99 Å². The highest BCUT2D eigenvalue weighted by molar-refractivity contribution is 6.46. The number of halogens is 2. The van der Waals surface area contributed by atoms with Gasteiger partial charge in [0.15, 0.2) is 0 Å². The maximum atomic E-state index is 12.9. The third-order valence-corrected chi connectivity index (χ3v) is 5.09. The van der Waals surface area contributed by atoms with Crippen LogP contribution < -0.4 is 10.2 Å². The molecule has 166 valence electrons. The molecule has 0 spiro atoms. The van der Waals surface area contributed by atoms with Crippen LogP contribution in [0.25, 0.3) is 0 Å². The molecule has 11 heteroatoms. The van der Waals surface area contributed by atoms with Crippen molar-refractivity contribution in [1.29, 1.82) is 5.41 Å². The van der Waals surface area contributed by atoms with Gasteiger partial charge in [-0.15, -0.1) is 0 Å². The van der Waals surface area contributed by atoms with Gasteiger partial charge in [-0.1, -0.05) is 53.5 Å². The lowest BCUT2D eigenvalue weighted by Crippen LogP contribution is -2.41. The lowest BCUT2D eigenvalue weighted by atomic mass is 10.2. The van der Waals surface area contributed by atoms with Crippen molar-refractivity contribution < 1.29 is 19.1 Å². The molecular formula is C21H19Cl2N5O4. The molecule has 1 fully saturated rings. The molecule has 32 heavy (non-hydrogen) atoms. The van der Waals surface area contributed by atoms with Gasteiger partial charge < -0.3 is 4.74 Å². The van der Waals surface area contributed by atoms with E-state index in [1.54, 1.807) is 38.1 Å². The molecule has 1 aliphatic rings. The second-order valence-corrected chi connectivity index (χ2v) is 7.77. The number of hydrogen-bond donors (Lipinski definition) is 2. The molecule has 3 amide bonds. The van der Waals surface area contributed by atoms with E-state index in [2.05, 4.69) is 10.3 Å². The third kappa shape index (κ3) is 5.06. The van der Waals surface area contributed by atoms with E-state index >= 15 is 0 Å². The Morgan fingerprint density at radius 3 is 2.47 bits per heavy atom. The first kappa shape index (κ1) is 23.2. The van der Waals surface area contributed by atoms with E-state index in [4.69, 9.17) is 33.3 Å². The summed E-state index contributed by atoms with van der Waals surface area (Å²) in [7, 11) is 0. The molecule has 2 aromatic carbocycles. The summed E-state index contributed by atoms with van der Waals surface area (Å²) >= 11 is 12.1. The van der Waals surface area contributed by atoms with Crippen LogP contribution in [0.15, 0.2) is 53.5 Å². The zero-order valence-electron chi connectivity index (χ0n) is 17.1. The summed E-state index contributed by atoms with van der Waals surface area (Å²) in [5.74, 6) is -2.45. The molecule has 2 N–H and O–H groups in total. The molecule has 0 radical (unpaired) electrons. The van der Waals surface area contributed by atoms with Crippen molar-refractivity contribution in [1.82, 2.24) is 10.2 Å². The van der Waals surface area contributed by atoms with Crippen molar-refractivity contribution in [2.24, 2.45) is 4.99 Å². The zero-order chi connectivity index (χ0) is 23.4. The Bertz CT molecular complexity index is 1100. The van der Waals surface area contributed by atoms with Crippen molar-refractivity contribution in [3.63, 3.8) is 0 Å². The molecule has 3 rings (SSSR count). The first-order valence-electron chi connectivity index (χ1n) is 9.46. The average Bonchev–Trinajstić information content (AvgIpc) is 3.03. The monoisotopic (exact) mass is 475 g/mol. The summed E-state index contributed by atoms with van der Waals surface area (Å²) in [6.07, 6.45) is -0.909. The summed E-state index contributed by atoms with van der Waals surface area (Å²) in [6, 6.07) is 12.9. The van der Waals surface area contributed by atoms with E-state index in [9.17, 15) is 14.4 Å². The largest absolute Gasteiger partial charge is 0.444 e. The van der Waals surface area contributed by atoms with Gasteiger partial charge in [-0.3, -0.25) is 25.2 Å². The molecule has 0 unspecified atom stereocenters. The standard InChI is InChI=1S/C21H19Cl2N5O4/c1-12(2)27-18(30)17(29)25-20(27)26-19(24)28(14-8-9-15(22)16(23)10-14)21(31)32-11-13-6-4-3-5-7-13/h3-10,12H,11H2,1-2H3,(H2,24,25,26,29). The van der Waals surface area contributed by atoms with E-state index in [0.717, 1.165) is 15.4 Å². The predicted octanol–water partition coefficient (Wildman–Crippen LogP) is 3.79. The number of carbonyl (C=O) groups excluding carboxylic acids is 3. The maximum Gasteiger partial charge on any atom is 0.421 e. The van der Waals surface area contributed by atoms with Crippen LogP contribution in [0.1, 0.15) is 19.4 Å². The second-order valence-electron chi connectivity index (χ2n) is 6.96. The van der Waals surface area contributed by atoms with Gasteiger partial charge >= 0.3 is 17.9 Å². The number of anilines is 1. The van der Waals surface area contributed by atoms with Crippen LogP contribution in [-0.4, -0.2) is 40.8 Å². The molecule has 0 aliphatic carbocycles. The van der Waals surface area contributed by atoms with Crippen molar-refractivity contribution in [3.8, 4) is 0 Å². The van der Waals surface area contributed by atoms with Crippen LogP contribution in [0.4, 0.5) is 10.5 Å². The molecule has 0 atom stereocenters. The smallest absolute Gasteiger partial charge is 0.421 e. The number of rotatable bonds is 4. The van der Waals surface area contributed by atoms with E-state index in [1.807, 2.05) is 6.07 Å². The minimum Gasteiger partial charge on any atom is -0.444 e. The van der Waals surface area contributed by atoms with Crippen LogP contribution in [0.3, 0.4) is 0 Å². The van der Waals surface area contributed by atoms with Crippen LogP contribution in [0.5, 0.6) is 0 Å². The lowest BCUT2D eigenvalue weighted by Gasteiger charge is -2.23. The van der Waals surface area contributed by atoms with Crippen LogP contribution in [0.2, 0.25) is 10.0 Å². The number of guanidine groups is 2. The molecule has 0 saturated carbocycles. The van der Waals surface area contributed by atoms with Gasteiger partial charge in [0.25, 0.3) is 0 Å². The van der Waals surface area contributed by atoms with Crippen molar-refractivity contribution in [2.75, 3.05) is 4.90 Å². The lowest BCUT2D eigenvalue weighted by molar-refractivity contribution is -0.140. The Morgan fingerprint density at radius 2 is 1.84 bits per heavy atom. The number of nitrogens with zero attached hydrogens (tertiary/aromatic N) is 3. The fraction of sp³-hybridized carbons (Fsp3) is 0.190. The fourth-order valence-electron chi connectivity index (χ4n) is 2.85. The molecule has 2 aromatic rings. The molecule has 0 bridgehead atoms. The molecule has 1 aliphatic heterocycles. The van der Waals surface area contributed by atoms with Crippen LogP contribution >= 0.6 is 23.2 Å². The Balaban J connectivity index is 1.93. The van der Waals surface area contributed by atoms with Crippen LogP contribution in [0, 0.1) is 5.41 Å². The molecule has 1 heterocycles. The van der Waals surface area contributed by atoms with E-state index < -0.39 is 29.9 Å². The highest BCUT2D eigenvalue weighted by Crippen LogP contribution is 2.28. The summed E-state index contributed by atoms with van der Waals surface area (Å²) in [4.78, 5) is 42.8. The predicted molar refractivity (Wildman–Crippen MR) is 121 cm³/mol. The van der Waals surface area contributed by atoms with Crippen molar-refractivity contribution in [2.45, 2.75) is 26.5 Å². The first-order valence-corrected chi connectivity index (χ1v) is 10.2. The Labute approximate surface area is 194 Å². The summed E-state index contributed by atoms with van der Waals surface area (Å²) in [5.41, 5.74) is 0.908. The maximum absolute atomic E-state index is 12.9. The topological polar surface area (TPSA) is 115 Å². The number of hydrogen-bond acceptors (Lipinski definition) is 5.